The van der Waals surface area contributed by atoms with E-state index in [-0.39, 0.29) is 11.4 Å². The zero-order chi connectivity index (χ0) is 27.6. The van der Waals surface area contributed by atoms with Gasteiger partial charge in [-0.3, -0.25) is 4.79 Å². The van der Waals surface area contributed by atoms with E-state index in [4.69, 9.17) is 4.74 Å². The van der Waals surface area contributed by atoms with Crippen molar-refractivity contribution < 1.29 is 9.53 Å². The molecule has 0 fully saturated rings. The summed E-state index contributed by atoms with van der Waals surface area (Å²) in [5.74, 6) is 0.729. The van der Waals surface area contributed by atoms with Crippen molar-refractivity contribution in [3.63, 3.8) is 0 Å². The van der Waals surface area contributed by atoms with Crippen molar-refractivity contribution in [3.05, 3.63) is 78.5 Å². The Hall–Kier alpha value is -3.77. The van der Waals surface area contributed by atoms with Gasteiger partial charge in [0.2, 0.25) is 0 Å². The number of aromatic amines is 1. The molecule has 204 valence electrons. The van der Waals surface area contributed by atoms with E-state index < -0.39 is 0 Å². The van der Waals surface area contributed by atoms with Crippen LogP contribution in [0.5, 0.6) is 5.75 Å². The number of nitrogens with one attached hydrogen (secondary N) is 2. The second kappa shape index (κ2) is 11.1. The Balaban J connectivity index is 1.45. The van der Waals surface area contributed by atoms with Crippen LogP contribution >= 0.6 is 0 Å². The fourth-order valence-corrected chi connectivity index (χ4v) is 5.03. The summed E-state index contributed by atoms with van der Waals surface area (Å²) in [5, 5.41) is 4.69. The first-order valence-corrected chi connectivity index (χ1v) is 13.9. The van der Waals surface area contributed by atoms with E-state index in [9.17, 15) is 4.79 Å². The molecule has 1 atom stereocenters. The third-order valence-electron chi connectivity index (χ3n) is 7.76. The number of anilines is 2. The lowest BCUT2D eigenvalue weighted by molar-refractivity contribution is 0.0986. The minimum absolute atomic E-state index is 0.0108. The van der Waals surface area contributed by atoms with Crippen molar-refractivity contribution in [2.45, 2.75) is 52.1 Å². The summed E-state index contributed by atoms with van der Waals surface area (Å²) >= 11 is 0. The Labute approximate surface area is 232 Å². The van der Waals surface area contributed by atoms with Crippen LogP contribution in [-0.2, 0) is 0 Å². The van der Waals surface area contributed by atoms with Gasteiger partial charge in [-0.15, -0.1) is 0 Å². The number of H-pyrrole nitrogens is 1. The number of hydrogen-bond acceptors (Lipinski definition) is 4. The Bertz CT molecular complexity index is 1450. The zero-order valence-electron chi connectivity index (χ0n) is 23.8. The van der Waals surface area contributed by atoms with Crippen LogP contribution in [0.15, 0.2) is 72.9 Å². The van der Waals surface area contributed by atoms with Gasteiger partial charge >= 0.3 is 0 Å². The molecule has 0 radical (unpaired) electrons. The van der Waals surface area contributed by atoms with E-state index in [1.54, 1.807) is 0 Å². The maximum atomic E-state index is 13.9. The van der Waals surface area contributed by atoms with E-state index in [0.29, 0.717) is 24.8 Å². The Morgan fingerprint density at radius 1 is 1.08 bits per heavy atom. The van der Waals surface area contributed by atoms with Crippen LogP contribution in [-0.4, -0.2) is 54.1 Å². The van der Waals surface area contributed by atoms with Gasteiger partial charge in [0.1, 0.15) is 5.75 Å². The average Bonchev–Trinajstić information content (AvgIpc) is 3.32. The zero-order valence-corrected chi connectivity index (χ0v) is 23.8. The van der Waals surface area contributed by atoms with Crippen molar-refractivity contribution in [2.75, 3.05) is 37.0 Å². The van der Waals surface area contributed by atoms with E-state index >= 15 is 0 Å². The predicted molar refractivity (Wildman–Crippen MR) is 162 cm³/mol. The molecule has 1 amide bonds. The van der Waals surface area contributed by atoms with Crippen LogP contribution in [0.2, 0.25) is 0 Å². The van der Waals surface area contributed by atoms with Crippen molar-refractivity contribution in [1.29, 1.82) is 0 Å². The smallest absolute Gasteiger partial charge is 0.258 e. The number of amides is 1. The highest BCUT2D eigenvalue weighted by molar-refractivity contribution is 6.08. The number of nitrogens with zero attached hydrogens (tertiary/aromatic N) is 2. The number of fused-ring (bicyclic) bond motifs is 2. The van der Waals surface area contributed by atoms with Crippen molar-refractivity contribution in [2.24, 2.45) is 0 Å². The molecule has 0 aliphatic carbocycles. The molecule has 0 saturated carbocycles. The molecule has 6 heteroatoms. The van der Waals surface area contributed by atoms with Gasteiger partial charge in [-0.25, -0.2) is 0 Å². The number of para-hydroxylation sites is 2. The third kappa shape index (κ3) is 5.96. The molecule has 2 N–H and O–H groups in total. The molecule has 1 aromatic heterocycles. The van der Waals surface area contributed by atoms with Crippen molar-refractivity contribution in [1.82, 2.24) is 9.88 Å². The highest BCUT2D eigenvalue weighted by Crippen LogP contribution is 2.35. The molecule has 0 spiro atoms. The number of carbonyl (C=O) groups is 1. The Morgan fingerprint density at radius 3 is 2.72 bits per heavy atom. The molecular weight excluding hydrogens is 484 g/mol. The monoisotopic (exact) mass is 524 g/mol. The largest absolute Gasteiger partial charge is 0.493 e. The van der Waals surface area contributed by atoms with E-state index in [1.807, 2.05) is 53.6 Å². The molecule has 4 aromatic rings. The summed E-state index contributed by atoms with van der Waals surface area (Å²) in [6.45, 7) is 11.0. The van der Waals surface area contributed by atoms with Crippen LogP contribution < -0.4 is 15.0 Å². The van der Waals surface area contributed by atoms with E-state index in [0.717, 1.165) is 58.5 Å². The van der Waals surface area contributed by atoms with Gasteiger partial charge in [0.05, 0.1) is 18.0 Å². The molecule has 3 aromatic carbocycles. The molecule has 2 heterocycles. The third-order valence-corrected chi connectivity index (χ3v) is 7.76. The summed E-state index contributed by atoms with van der Waals surface area (Å²) in [5.41, 5.74) is 5.81. The lowest BCUT2D eigenvalue weighted by Gasteiger charge is -2.31. The molecule has 39 heavy (non-hydrogen) atoms. The second-order valence-corrected chi connectivity index (χ2v) is 11.6. The fraction of sp³-hybridized carbons (Fsp3) is 0.364. The average molecular weight is 525 g/mol. The molecule has 0 saturated heterocycles. The van der Waals surface area contributed by atoms with Gasteiger partial charge in [0, 0.05) is 47.5 Å². The Morgan fingerprint density at radius 2 is 1.90 bits per heavy atom. The summed E-state index contributed by atoms with van der Waals surface area (Å²) < 4.78 is 6.42. The summed E-state index contributed by atoms with van der Waals surface area (Å²) in [6.07, 6.45) is 3.72. The van der Waals surface area contributed by atoms with Crippen LogP contribution in [0.1, 0.15) is 50.9 Å². The summed E-state index contributed by atoms with van der Waals surface area (Å²) in [6, 6.07) is 22.7. The number of ether oxygens (including phenoxy) is 1. The lowest BCUT2D eigenvalue weighted by atomic mass is 10.0. The van der Waals surface area contributed by atoms with Gasteiger partial charge in [0.15, 0.2) is 0 Å². The highest BCUT2D eigenvalue weighted by Gasteiger charge is 2.25. The molecule has 0 unspecified atom stereocenters. The predicted octanol–water partition coefficient (Wildman–Crippen LogP) is 7.19. The van der Waals surface area contributed by atoms with Crippen molar-refractivity contribution >= 4 is 28.2 Å². The number of carbonyl (C=O) groups excluding carboxylic acids is 1. The van der Waals surface area contributed by atoms with Gasteiger partial charge in [-0.2, -0.15) is 0 Å². The molecular formula is C33H40N4O2. The van der Waals surface area contributed by atoms with E-state index in [1.165, 1.54) is 0 Å². The molecule has 0 bridgehead atoms. The van der Waals surface area contributed by atoms with Gasteiger partial charge in [0.25, 0.3) is 5.91 Å². The first-order chi connectivity index (χ1) is 18.7. The number of aromatic nitrogens is 1. The number of rotatable bonds is 7. The van der Waals surface area contributed by atoms with Gasteiger partial charge in [-0.05, 0) is 107 Å². The van der Waals surface area contributed by atoms with Gasteiger partial charge in [-0.1, -0.05) is 18.2 Å². The molecule has 1 aliphatic heterocycles. The normalized spacial score (nSPS) is 15.6. The number of benzene rings is 3. The van der Waals surface area contributed by atoms with E-state index in [2.05, 4.69) is 74.2 Å². The second-order valence-electron chi connectivity index (χ2n) is 11.6. The lowest BCUT2D eigenvalue weighted by Crippen LogP contribution is -2.39. The minimum atomic E-state index is -0.0108. The Kier molecular flexibility index (Phi) is 7.67. The first-order valence-electron chi connectivity index (χ1n) is 13.9. The summed E-state index contributed by atoms with van der Waals surface area (Å²) in [7, 11) is 2.14. The highest BCUT2D eigenvalue weighted by atomic mass is 16.5. The van der Waals surface area contributed by atoms with Crippen molar-refractivity contribution in [3.8, 4) is 16.9 Å². The van der Waals surface area contributed by atoms with Crippen LogP contribution in [0.3, 0.4) is 0 Å². The fourth-order valence-electron chi connectivity index (χ4n) is 5.03. The SMILES string of the molecule is C[C@H]1CCN(C(=O)c2ccc(-c3ccc4[nH]ccc4c3)c(OCCCN(C)C(C)(C)C)c2)c2ccccc2N1. The molecule has 1 aliphatic rings. The van der Waals surface area contributed by atoms with Crippen LogP contribution in [0.25, 0.3) is 22.0 Å². The van der Waals surface area contributed by atoms with Gasteiger partial charge < -0.3 is 24.8 Å². The minimum Gasteiger partial charge on any atom is -0.493 e. The first kappa shape index (κ1) is 26.8. The molecule has 6 nitrogen and oxygen atoms in total. The summed E-state index contributed by atoms with van der Waals surface area (Å²) in [4.78, 5) is 21.4. The maximum Gasteiger partial charge on any atom is 0.258 e. The topological polar surface area (TPSA) is 60.6 Å². The van der Waals surface area contributed by atoms with Crippen LogP contribution in [0, 0.1) is 0 Å². The quantitative estimate of drug-likeness (QED) is 0.251. The maximum absolute atomic E-state index is 13.9. The molecule has 5 rings (SSSR count). The number of hydrogen-bond donors (Lipinski definition) is 2. The van der Waals surface area contributed by atoms with Crippen LogP contribution in [0.4, 0.5) is 11.4 Å². The standard InChI is InChI=1S/C33H40N4O2/c1-23-16-19-37(30-10-7-6-9-29(30)35-23)32(38)26-11-13-27(24-12-14-28-25(21-24)15-17-34-28)31(22-26)39-20-8-18-36(5)33(2,3)4/h6-7,9-15,17,21-23,34-35H,8,16,18-20H2,1-5H3/t23-/m0/s1.